The van der Waals surface area contributed by atoms with E-state index in [-0.39, 0.29) is 11.5 Å². The Bertz CT molecular complexity index is 500. The summed E-state index contributed by atoms with van der Waals surface area (Å²) in [6.07, 6.45) is 0. The van der Waals surface area contributed by atoms with E-state index in [1.807, 2.05) is 13.8 Å². The van der Waals surface area contributed by atoms with Crippen LogP contribution in [0.5, 0.6) is 0 Å². The second kappa shape index (κ2) is 6.79. The Morgan fingerprint density at radius 2 is 1.90 bits per heavy atom. The molecular formula is C14H22N4O2. The molecule has 110 valence electrons. The number of rotatable bonds is 6. The number of primary amides is 1. The van der Waals surface area contributed by atoms with Gasteiger partial charge in [0.2, 0.25) is 5.91 Å². The molecule has 0 saturated heterocycles. The van der Waals surface area contributed by atoms with Crippen molar-refractivity contribution in [1.29, 1.82) is 0 Å². The third-order valence-corrected chi connectivity index (χ3v) is 2.76. The van der Waals surface area contributed by atoms with Crippen LogP contribution in [0.4, 0.5) is 11.4 Å². The monoisotopic (exact) mass is 278 g/mol. The number of hydrogen-bond acceptors (Lipinski definition) is 4. The molecule has 20 heavy (non-hydrogen) atoms. The average Bonchev–Trinajstić information content (AvgIpc) is 2.37. The van der Waals surface area contributed by atoms with Crippen LogP contribution < -0.4 is 22.1 Å². The molecule has 1 atom stereocenters. The SMILES string of the molecule is CC(C)CNC(=O)C(C)Nc1ccc(N)cc1C(N)=O. The van der Waals surface area contributed by atoms with Crippen molar-refractivity contribution in [1.82, 2.24) is 5.32 Å². The first kappa shape index (κ1) is 15.8. The largest absolute Gasteiger partial charge is 0.399 e. The minimum absolute atomic E-state index is 0.133. The maximum atomic E-state index is 11.9. The zero-order chi connectivity index (χ0) is 15.3. The molecule has 6 heteroatoms. The molecule has 1 aromatic carbocycles. The highest BCUT2D eigenvalue weighted by atomic mass is 16.2. The van der Waals surface area contributed by atoms with Crippen molar-refractivity contribution >= 4 is 23.2 Å². The van der Waals surface area contributed by atoms with Crippen molar-refractivity contribution in [3.8, 4) is 0 Å². The van der Waals surface area contributed by atoms with Gasteiger partial charge in [-0.15, -0.1) is 0 Å². The van der Waals surface area contributed by atoms with E-state index in [4.69, 9.17) is 11.5 Å². The summed E-state index contributed by atoms with van der Waals surface area (Å²) in [6, 6.07) is 4.30. The molecule has 0 saturated carbocycles. The number of nitrogen functional groups attached to an aromatic ring is 1. The topological polar surface area (TPSA) is 110 Å². The van der Waals surface area contributed by atoms with Crippen molar-refractivity contribution in [2.75, 3.05) is 17.6 Å². The minimum Gasteiger partial charge on any atom is -0.399 e. The first-order chi connectivity index (χ1) is 9.31. The van der Waals surface area contributed by atoms with Crippen LogP contribution >= 0.6 is 0 Å². The molecular weight excluding hydrogens is 256 g/mol. The van der Waals surface area contributed by atoms with Gasteiger partial charge < -0.3 is 22.1 Å². The van der Waals surface area contributed by atoms with Gasteiger partial charge in [0.1, 0.15) is 6.04 Å². The Balaban J connectivity index is 2.77. The first-order valence-corrected chi connectivity index (χ1v) is 6.54. The van der Waals surface area contributed by atoms with E-state index in [2.05, 4.69) is 10.6 Å². The summed E-state index contributed by atoms with van der Waals surface area (Å²) in [5.41, 5.74) is 12.1. The fourth-order valence-corrected chi connectivity index (χ4v) is 1.65. The van der Waals surface area contributed by atoms with Crippen LogP contribution in [0.15, 0.2) is 18.2 Å². The number of carbonyl (C=O) groups excluding carboxylic acids is 2. The molecule has 0 aromatic heterocycles. The quantitative estimate of drug-likeness (QED) is 0.580. The van der Waals surface area contributed by atoms with Gasteiger partial charge >= 0.3 is 0 Å². The van der Waals surface area contributed by atoms with Crippen LogP contribution in [0.1, 0.15) is 31.1 Å². The molecule has 1 unspecified atom stereocenters. The van der Waals surface area contributed by atoms with Gasteiger partial charge in [-0.1, -0.05) is 13.8 Å². The van der Waals surface area contributed by atoms with Gasteiger partial charge in [0.15, 0.2) is 0 Å². The molecule has 0 spiro atoms. The molecule has 0 aliphatic carbocycles. The Labute approximate surface area is 118 Å². The molecule has 2 amide bonds. The van der Waals surface area contributed by atoms with Gasteiger partial charge in [0.25, 0.3) is 5.91 Å². The van der Waals surface area contributed by atoms with Crippen molar-refractivity contribution in [2.24, 2.45) is 11.7 Å². The zero-order valence-corrected chi connectivity index (χ0v) is 12.1. The number of nitrogens with one attached hydrogen (secondary N) is 2. The molecule has 0 heterocycles. The Hall–Kier alpha value is -2.24. The second-order valence-corrected chi connectivity index (χ2v) is 5.17. The maximum Gasteiger partial charge on any atom is 0.250 e. The summed E-state index contributed by atoms with van der Waals surface area (Å²) >= 11 is 0. The lowest BCUT2D eigenvalue weighted by Gasteiger charge is -2.18. The number of carbonyl (C=O) groups is 2. The van der Waals surface area contributed by atoms with E-state index >= 15 is 0 Å². The lowest BCUT2D eigenvalue weighted by Crippen LogP contribution is -2.39. The van der Waals surface area contributed by atoms with E-state index in [1.165, 1.54) is 6.07 Å². The van der Waals surface area contributed by atoms with E-state index in [9.17, 15) is 9.59 Å². The van der Waals surface area contributed by atoms with Gasteiger partial charge in [-0.05, 0) is 31.0 Å². The Morgan fingerprint density at radius 1 is 1.25 bits per heavy atom. The smallest absolute Gasteiger partial charge is 0.250 e. The van der Waals surface area contributed by atoms with E-state index in [0.717, 1.165) is 0 Å². The number of amides is 2. The summed E-state index contributed by atoms with van der Waals surface area (Å²) in [7, 11) is 0. The normalized spacial score (nSPS) is 12.0. The van der Waals surface area contributed by atoms with E-state index < -0.39 is 11.9 Å². The van der Waals surface area contributed by atoms with Gasteiger partial charge in [0.05, 0.1) is 5.56 Å². The lowest BCUT2D eigenvalue weighted by atomic mass is 10.1. The van der Waals surface area contributed by atoms with Crippen LogP contribution in [0, 0.1) is 5.92 Å². The Morgan fingerprint density at radius 3 is 2.45 bits per heavy atom. The van der Waals surface area contributed by atoms with E-state index in [1.54, 1.807) is 19.1 Å². The fraction of sp³-hybridized carbons (Fsp3) is 0.429. The number of anilines is 2. The lowest BCUT2D eigenvalue weighted by molar-refractivity contribution is -0.121. The molecule has 0 radical (unpaired) electrons. The Kier molecular flexibility index (Phi) is 5.37. The summed E-state index contributed by atoms with van der Waals surface area (Å²) in [5, 5.41) is 5.79. The molecule has 1 rings (SSSR count). The summed E-state index contributed by atoms with van der Waals surface area (Å²) in [5.74, 6) is -0.343. The first-order valence-electron chi connectivity index (χ1n) is 6.54. The molecule has 6 N–H and O–H groups in total. The van der Waals surface area contributed by atoms with Crippen LogP contribution in [0.3, 0.4) is 0 Å². The molecule has 6 nitrogen and oxygen atoms in total. The summed E-state index contributed by atoms with van der Waals surface area (Å²) < 4.78 is 0. The second-order valence-electron chi connectivity index (χ2n) is 5.17. The average molecular weight is 278 g/mol. The summed E-state index contributed by atoms with van der Waals surface area (Å²) in [4.78, 5) is 23.3. The van der Waals surface area contributed by atoms with Crippen LogP contribution in [-0.4, -0.2) is 24.4 Å². The molecule has 0 fully saturated rings. The molecule has 0 aliphatic rings. The van der Waals surface area contributed by atoms with Gasteiger partial charge in [0, 0.05) is 17.9 Å². The third-order valence-electron chi connectivity index (χ3n) is 2.76. The van der Waals surface area contributed by atoms with Crippen molar-refractivity contribution in [2.45, 2.75) is 26.8 Å². The number of benzene rings is 1. The van der Waals surface area contributed by atoms with E-state index in [0.29, 0.717) is 23.8 Å². The van der Waals surface area contributed by atoms with Crippen LogP contribution in [-0.2, 0) is 4.79 Å². The van der Waals surface area contributed by atoms with Crippen molar-refractivity contribution in [3.05, 3.63) is 23.8 Å². The fourth-order valence-electron chi connectivity index (χ4n) is 1.65. The number of hydrogen-bond donors (Lipinski definition) is 4. The third kappa shape index (κ3) is 4.46. The molecule has 0 bridgehead atoms. The highest BCUT2D eigenvalue weighted by molar-refractivity contribution is 6.00. The van der Waals surface area contributed by atoms with Crippen molar-refractivity contribution < 1.29 is 9.59 Å². The van der Waals surface area contributed by atoms with Crippen molar-refractivity contribution in [3.63, 3.8) is 0 Å². The van der Waals surface area contributed by atoms with Gasteiger partial charge in [-0.2, -0.15) is 0 Å². The molecule has 1 aromatic rings. The predicted octanol–water partition coefficient (Wildman–Crippen LogP) is 0.940. The van der Waals surface area contributed by atoms with Gasteiger partial charge in [-0.3, -0.25) is 9.59 Å². The van der Waals surface area contributed by atoms with Crippen LogP contribution in [0.2, 0.25) is 0 Å². The zero-order valence-electron chi connectivity index (χ0n) is 12.1. The predicted molar refractivity (Wildman–Crippen MR) is 80.3 cm³/mol. The van der Waals surface area contributed by atoms with Crippen LogP contribution in [0.25, 0.3) is 0 Å². The minimum atomic E-state index is -0.588. The molecule has 0 aliphatic heterocycles. The standard InChI is InChI=1S/C14H22N4O2/c1-8(2)7-17-14(20)9(3)18-12-5-4-10(15)6-11(12)13(16)19/h4-6,8-9,18H,7,15H2,1-3H3,(H2,16,19)(H,17,20). The maximum absolute atomic E-state index is 11.9. The highest BCUT2D eigenvalue weighted by Gasteiger charge is 2.16. The highest BCUT2D eigenvalue weighted by Crippen LogP contribution is 2.19. The summed E-state index contributed by atoms with van der Waals surface area (Å²) in [6.45, 7) is 6.36. The number of nitrogens with two attached hydrogens (primary N) is 2. The van der Waals surface area contributed by atoms with Gasteiger partial charge in [-0.25, -0.2) is 0 Å².